The van der Waals surface area contributed by atoms with Crippen LogP contribution in [0.25, 0.3) is 0 Å². The van der Waals surface area contributed by atoms with Crippen LogP contribution in [0, 0.1) is 11.2 Å². The van der Waals surface area contributed by atoms with Gasteiger partial charge in [0.2, 0.25) is 0 Å². The van der Waals surface area contributed by atoms with Crippen molar-refractivity contribution in [2.45, 2.75) is 37.8 Å². The average molecular weight is 384 g/mol. The van der Waals surface area contributed by atoms with Crippen LogP contribution in [-0.4, -0.2) is 22.0 Å². The monoisotopic (exact) mass is 384 g/mol. The number of ketones is 1. The fourth-order valence-electron chi connectivity index (χ4n) is 3.99. The van der Waals surface area contributed by atoms with Crippen molar-refractivity contribution < 1.29 is 9.18 Å². The second-order valence-corrected chi connectivity index (χ2v) is 8.57. The number of nitrogens with one attached hydrogen (secondary N) is 1. The van der Waals surface area contributed by atoms with E-state index < -0.39 is 5.92 Å². The van der Waals surface area contributed by atoms with E-state index in [-0.39, 0.29) is 17.0 Å². The van der Waals surface area contributed by atoms with Gasteiger partial charge in [0.15, 0.2) is 10.9 Å². The van der Waals surface area contributed by atoms with Crippen molar-refractivity contribution in [3.63, 3.8) is 0 Å². The number of benzene rings is 1. The predicted octanol–water partition coefficient (Wildman–Crippen LogP) is 4.12. The Bertz CT molecular complexity index is 969. The van der Waals surface area contributed by atoms with Gasteiger partial charge >= 0.3 is 0 Å². The number of fused-ring (bicyclic) bond motifs is 1. The molecule has 0 amide bonds. The lowest BCUT2D eigenvalue weighted by Crippen LogP contribution is -2.34. The summed E-state index contributed by atoms with van der Waals surface area (Å²) in [6.45, 7) is 4.17. The van der Waals surface area contributed by atoms with Crippen LogP contribution in [0.4, 0.5) is 16.0 Å². The van der Waals surface area contributed by atoms with E-state index in [0.29, 0.717) is 34.3 Å². The molecule has 4 rings (SSSR count). The Hall–Kier alpha value is -2.41. The van der Waals surface area contributed by atoms with Gasteiger partial charge in [0.05, 0.1) is 0 Å². The second-order valence-electron chi connectivity index (χ2n) is 7.80. The number of halogens is 1. The van der Waals surface area contributed by atoms with Crippen molar-refractivity contribution in [2.24, 2.45) is 5.41 Å². The molecule has 7 heteroatoms. The highest BCUT2D eigenvalue weighted by molar-refractivity contribution is 7.98. The summed E-state index contributed by atoms with van der Waals surface area (Å²) in [5.41, 5.74) is 9.22. The maximum atomic E-state index is 13.5. The summed E-state index contributed by atoms with van der Waals surface area (Å²) in [5, 5.41) is 3.92. The van der Waals surface area contributed by atoms with Gasteiger partial charge in [0.1, 0.15) is 17.5 Å². The minimum absolute atomic E-state index is 0.0852. The highest BCUT2D eigenvalue weighted by Crippen LogP contribution is 2.49. The third kappa shape index (κ3) is 3.10. The van der Waals surface area contributed by atoms with Crippen molar-refractivity contribution >= 4 is 29.2 Å². The van der Waals surface area contributed by atoms with Gasteiger partial charge in [-0.25, -0.2) is 14.4 Å². The maximum absolute atomic E-state index is 13.5. The smallest absolute Gasteiger partial charge is 0.191 e. The van der Waals surface area contributed by atoms with Gasteiger partial charge in [-0.2, -0.15) is 0 Å². The van der Waals surface area contributed by atoms with Gasteiger partial charge in [-0.1, -0.05) is 37.7 Å². The maximum Gasteiger partial charge on any atom is 0.191 e. The van der Waals surface area contributed by atoms with E-state index in [1.807, 2.05) is 6.26 Å². The quantitative estimate of drug-likeness (QED) is 0.599. The molecule has 0 radical (unpaired) electrons. The molecule has 0 saturated heterocycles. The van der Waals surface area contributed by atoms with E-state index in [1.54, 1.807) is 12.1 Å². The third-order valence-electron chi connectivity index (χ3n) is 5.11. The molecule has 27 heavy (non-hydrogen) atoms. The molecular formula is C20H21FN4OS. The Balaban J connectivity index is 1.96. The highest BCUT2D eigenvalue weighted by atomic mass is 32.2. The Morgan fingerprint density at radius 3 is 2.59 bits per heavy atom. The number of nitrogen functional groups attached to an aromatic ring is 1. The molecule has 2 aliphatic rings. The summed E-state index contributed by atoms with van der Waals surface area (Å²) in [4.78, 5) is 22.0. The number of carbonyl (C=O) groups is 1. The molecule has 0 fully saturated rings. The number of carbonyl (C=O) groups excluding carboxylic acids is 1. The molecule has 0 bridgehead atoms. The molecule has 2 aromatic rings. The zero-order valence-corrected chi connectivity index (χ0v) is 16.3. The van der Waals surface area contributed by atoms with Crippen LogP contribution < -0.4 is 11.1 Å². The molecule has 1 unspecified atom stereocenters. The van der Waals surface area contributed by atoms with Crippen molar-refractivity contribution in [1.29, 1.82) is 0 Å². The SMILES string of the molecule is CSc1nc(N)c2c(n1)NC1=C(C(=O)CC(C)(C)C1)C2c1ccc(F)cc1. The van der Waals surface area contributed by atoms with E-state index in [4.69, 9.17) is 5.73 Å². The van der Waals surface area contributed by atoms with E-state index in [2.05, 4.69) is 29.1 Å². The molecule has 0 spiro atoms. The van der Waals surface area contributed by atoms with Crippen LogP contribution in [0.1, 0.15) is 43.7 Å². The number of thioether (sulfide) groups is 1. The van der Waals surface area contributed by atoms with Crippen LogP contribution in [0.3, 0.4) is 0 Å². The predicted molar refractivity (Wildman–Crippen MR) is 105 cm³/mol. The van der Waals surface area contributed by atoms with Crippen molar-refractivity contribution in [3.8, 4) is 0 Å². The topological polar surface area (TPSA) is 80.9 Å². The van der Waals surface area contributed by atoms with Crippen molar-refractivity contribution in [3.05, 3.63) is 52.5 Å². The molecule has 3 N–H and O–H groups in total. The number of allylic oxidation sites excluding steroid dienone is 2. The van der Waals surface area contributed by atoms with Crippen molar-refractivity contribution in [2.75, 3.05) is 17.3 Å². The molecule has 0 saturated carbocycles. The van der Waals surface area contributed by atoms with E-state index in [1.165, 1.54) is 23.9 Å². The highest BCUT2D eigenvalue weighted by Gasteiger charge is 2.42. The summed E-state index contributed by atoms with van der Waals surface area (Å²) in [7, 11) is 0. The fourth-order valence-corrected chi connectivity index (χ4v) is 4.37. The first-order valence-electron chi connectivity index (χ1n) is 8.79. The summed E-state index contributed by atoms with van der Waals surface area (Å²) < 4.78 is 13.5. The summed E-state index contributed by atoms with van der Waals surface area (Å²) >= 11 is 1.41. The number of hydrogen-bond donors (Lipinski definition) is 2. The number of rotatable bonds is 2. The first kappa shape index (κ1) is 18.0. The largest absolute Gasteiger partial charge is 0.383 e. The number of aromatic nitrogens is 2. The van der Waals surface area contributed by atoms with E-state index in [0.717, 1.165) is 17.7 Å². The minimum Gasteiger partial charge on any atom is -0.383 e. The number of hydrogen-bond acceptors (Lipinski definition) is 6. The van der Waals surface area contributed by atoms with E-state index in [9.17, 15) is 9.18 Å². The summed E-state index contributed by atoms with van der Waals surface area (Å²) in [6, 6.07) is 6.22. The molecule has 2 heterocycles. The van der Waals surface area contributed by atoms with Gasteiger partial charge in [0, 0.05) is 29.2 Å². The number of Topliss-reactive ketones (excluding diaryl/α,β-unsaturated/α-hetero) is 1. The lowest BCUT2D eigenvalue weighted by molar-refractivity contribution is -0.118. The molecule has 1 aromatic heterocycles. The lowest BCUT2D eigenvalue weighted by Gasteiger charge is -2.39. The Labute approximate surface area is 161 Å². The van der Waals surface area contributed by atoms with Crippen LogP contribution in [0.15, 0.2) is 40.7 Å². The van der Waals surface area contributed by atoms with Gasteiger partial charge in [-0.15, -0.1) is 0 Å². The molecule has 1 aliphatic heterocycles. The van der Waals surface area contributed by atoms with Crippen LogP contribution in [-0.2, 0) is 4.79 Å². The first-order valence-corrected chi connectivity index (χ1v) is 10.0. The molecule has 1 aromatic carbocycles. The number of nitrogens with zero attached hydrogens (tertiary/aromatic N) is 2. The lowest BCUT2D eigenvalue weighted by atomic mass is 9.69. The molecular weight excluding hydrogens is 363 g/mol. The minimum atomic E-state index is -0.392. The van der Waals surface area contributed by atoms with E-state index >= 15 is 0 Å². The number of anilines is 2. The molecule has 1 atom stereocenters. The summed E-state index contributed by atoms with van der Waals surface area (Å²) in [6.07, 6.45) is 3.09. The van der Waals surface area contributed by atoms with Gasteiger partial charge in [0.25, 0.3) is 0 Å². The Morgan fingerprint density at radius 1 is 1.22 bits per heavy atom. The van der Waals surface area contributed by atoms with Gasteiger partial charge in [-0.05, 0) is 35.8 Å². The summed E-state index contributed by atoms with van der Waals surface area (Å²) in [5.74, 6) is 0.347. The normalized spacial score (nSPS) is 20.7. The average Bonchev–Trinajstić information content (AvgIpc) is 2.59. The Kier molecular flexibility index (Phi) is 4.22. The van der Waals surface area contributed by atoms with Crippen molar-refractivity contribution in [1.82, 2.24) is 9.97 Å². The van der Waals surface area contributed by atoms with Gasteiger partial charge in [-0.3, -0.25) is 4.79 Å². The second kappa shape index (κ2) is 6.34. The van der Waals surface area contributed by atoms with Crippen LogP contribution in [0.2, 0.25) is 0 Å². The fraction of sp³-hybridized carbons (Fsp3) is 0.350. The molecule has 1 aliphatic carbocycles. The van der Waals surface area contributed by atoms with Gasteiger partial charge < -0.3 is 11.1 Å². The zero-order valence-electron chi connectivity index (χ0n) is 15.5. The van der Waals surface area contributed by atoms with Crippen LogP contribution in [0.5, 0.6) is 0 Å². The Morgan fingerprint density at radius 2 is 1.93 bits per heavy atom. The molecule has 5 nitrogen and oxygen atoms in total. The zero-order chi connectivity index (χ0) is 19.3. The first-order chi connectivity index (χ1) is 12.8. The molecule has 140 valence electrons. The third-order valence-corrected chi connectivity index (χ3v) is 5.65. The standard InChI is InChI=1S/C20H21FN4OS/c1-20(2)8-12-15(13(26)9-20)14(10-4-6-11(21)7-5-10)16-17(22)24-19(27-3)25-18(16)23-12/h4-7,14H,8-9H2,1-3H3,(H3,22,23,24,25). The number of nitrogens with two attached hydrogens (primary N) is 1. The van der Waals surface area contributed by atoms with Crippen LogP contribution >= 0.6 is 11.8 Å².